The smallest absolute Gasteiger partial charge is 0.0661 e. The zero-order valence-corrected chi connectivity index (χ0v) is 10.9. The third kappa shape index (κ3) is 2.01. The van der Waals surface area contributed by atoms with Gasteiger partial charge in [-0.15, -0.1) is 0 Å². The monoisotopic (exact) mass is 226 g/mol. The zero-order chi connectivity index (χ0) is 11.8. The van der Waals surface area contributed by atoms with E-state index in [1.807, 2.05) is 0 Å². The van der Waals surface area contributed by atoms with Crippen molar-refractivity contribution in [2.75, 3.05) is 33.4 Å². The lowest BCUT2D eigenvalue weighted by molar-refractivity contribution is 0.0104. The van der Waals surface area contributed by atoms with Gasteiger partial charge < -0.3 is 10.5 Å². The summed E-state index contributed by atoms with van der Waals surface area (Å²) < 4.78 is 5.46. The summed E-state index contributed by atoms with van der Waals surface area (Å²) in [6, 6.07) is 0. The van der Waals surface area contributed by atoms with Crippen molar-refractivity contribution in [2.24, 2.45) is 23.5 Å². The van der Waals surface area contributed by atoms with Gasteiger partial charge in [0.25, 0.3) is 0 Å². The fourth-order valence-electron chi connectivity index (χ4n) is 3.19. The van der Waals surface area contributed by atoms with Crippen LogP contribution in [0, 0.1) is 17.8 Å². The molecule has 0 amide bonds. The highest BCUT2D eigenvalue weighted by Gasteiger charge is 2.50. The van der Waals surface area contributed by atoms with E-state index in [2.05, 4.69) is 18.7 Å². The zero-order valence-electron chi connectivity index (χ0n) is 10.9. The number of hydrogen-bond acceptors (Lipinski definition) is 3. The van der Waals surface area contributed by atoms with Gasteiger partial charge in [-0.2, -0.15) is 0 Å². The van der Waals surface area contributed by atoms with Gasteiger partial charge in [0.15, 0.2) is 0 Å². The van der Waals surface area contributed by atoms with E-state index in [0.29, 0.717) is 0 Å². The Morgan fingerprint density at radius 3 is 2.19 bits per heavy atom. The summed E-state index contributed by atoms with van der Waals surface area (Å²) in [6.45, 7) is 8.63. The first-order chi connectivity index (χ1) is 7.64. The number of nitrogens with two attached hydrogens (primary N) is 1. The molecule has 2 rings (SSSR count). The molecule has 3 atom stereocenters. The maximum Gasteiger partial charge on any atom is 0.0661 e. The normalized spacial score (nSPS) is 35.2. The lowest BCUT2D eigenvalue weighted by Crippen LogP contribution is -2.58. The third-order valence-corrected chi connectivity index (χ3v) is 4.70. The van der Waals surface area contributed by atoms with Gasteiger partial charge in [0.1, 0.15) is 0 Å². The molecule has 0 aromatic heterocycles. The van der Waals surface area contributed by atoms with Crippen LogP contribution in [0.4, 0.5) is 0 Å². The molecule has 0 spiro atoms. The standard InChI is InChI=1S/C13H26N2O/c1-10-6-15(7-11(10)2)13(8-14,9-16-3)12-4-5-12/h10-12H,4-9,14H2,1-3H3. The van der Waals surface area contributed by atoms with Crippen molar-refractivity contribution in [3.8, 4) is 0 Å². The number of likely N-dealkylation sites (tertiary alicyclic amines) is 1. The second-order valence-electron chi connectivity index (χ2n) is 5.87. The molecule has 1 saturated heterocycles. The molecule has 2 N–H and O–H groups in total. The van der Waals surface area contributed by atoms with Gasteiger partial charge in [-0.3, -0.25) is 4.90 Å². The first-order valence-electron chi connectivity index (χ1n) is 6.58. The van der Waals surface area contributed by atoms with E-state index < -0.39 is 0 Å². The molecule has 0 aromatic carbocycles. The van der Waals surface area contributed by atoms with Crippen LogP contribution < -0.4 is 5.73 Å². The molecule has 3 unspecified atom stereocenters. The molecule has 1 aliphatic carbocycles. The Bertz CT molecular complexity index is 232. The van der Waals surface area contributed by atoms with Crippen molar-refractivity contribution < 1.29 is 4.74 Å². The van der Waals surface area contributed by atoms with Gasteiger partial charge >= 0.3 is 0 Å². The minimum absolute atomic E-state index is 0.133. The van der Waals surface area contributed by atoms with Gasteiger partial charge in [-0.25, -0.2) is 0 Å². The van der Waals surface area contributed by atoms with Crippen LogP contribution in [-0.2, 0) is 4.74 Å². The van der Waals surface area contributed by atoms with Crippen LogP contribution in [0.2, 0.25) is 0 Å². The predicted octanol–water partition coefficient (Wildman–Crippen LogP) is 1.33. The molecule has 94 valence electrons. The Morgan fingerprint density at radius 1 is 1.25 bits per heavy atom. The summed E-state index contributed by atoms with van der Waals surface area (Å²) in [4.78, 5) is 2.61. The van der Waals surface area contributed by atoms with E-state index in [1.54, 1.807) is 7.11 Å². The van der Waals surface area contributed by atoms with Crippen molar-refractivity contribution >= 4 is 0 Å². The van der Waals surface area contributed by atoms with Crippen molar-refractivity contribution in [2.45, 2.75) is 32.2 Å². The Kier molecular flexibility index (Phi) is 3.57. The second kappa shape index (κ2) is 4.63. The topological polar surface area (TPSA) is 38.5 Å². The SMILES string of the molecule is COCC(CN)(C1CC1)N1CC(C)C(C)C1. The maximum atomic E-state index is 6.08. The quantitative estimate of drug-likeness (QED) is 0.768. The third-order valence-electron chi connectivity index (χ3n) is 4.70. The van der Waals surface area contributed by atoms with Crippen LogP contribution in [0.1, 0.15) is 26.7 Å². The summed E-state index contributed by atoms with van der Waals surface area (Å²) in [5, 5.41) is 0. The number of ether oxygens (including phenoxy) is 1. The largest absolute Gasteiger partial charge is 0.383 e. The van der Waals surface area contributed by atoms with Crippen molar-refractivity contribution in [1.29, 1.82) is 0 Å². The lowest BCUT2D eigenvalue weighted by Gasteiger charge is -2.41. The highest BCUT2D eigenvalue weighted by atomic mass is 16.5. The predicted molar refractivity (Wildman–Crippen MR) is 66.3 cm³/mol. The minimum Gasteiger partial charge on any atom is -0.383 e. The van der Waals surface area contributed by atoms with Crippen LogP contribution in [0.5, 0.6) is 0 Å². The number of hydrogen-bond donors (Lipinski definition) is 1. The van der Waals surface area contributed by atoms with Gasteiger partial charge in [0.05, 0.1) is 12.1 Å². The summed E-state index contributed by atoms with van der Waals surface area (Å²) in [5.41, 5.74) is 6.22. The second-order valence-corrected chi connectivity index (χ2v) is 5.87. The number of nitrogens with zero attached hydrogens (tertiary/aromatic N) is 1. The number of rotatable bonds is 5. The van der Waals surface area contributed by atoms with Crippen molar-refractivity contribution in [3.63, 3.8) is 0 Å². The fourth-order valence-corrected chi connectivity index (χ4v) is 3.19. The fraction of sp³-hybridized carbons (Fsp3) is 1.00. The lowest BCUT2D eigenvalue weighted by atomic mass is 9.92. The average molecular weight is 226 g/mol. The molecule has 0 aromatic rings. The van der Waals surface area contributed by atoms with Crippen LogP contribution in [0.3, 0.4) is 0 Å². The molecule has 1 heterocycles. The molecule has 16 heavy (non-hydrogen) atoms. The molecule has 1 aliphatic heterocycles. The Hall–Kier alpha value is -0.120. The number of methoxy groups -OCH3 is 1. The van der Waals surface area contributed by atoms with E-state index in [9.17, 15) is 0 Å². The van der Waals surface area contributed by atoms with E-state index in [4.69, 9.17) is 10.5 Å². The molecule has 1 saturated carbocycles. The summed E-state index contributed by atoms with van der Waals surface area (Å²) in [6.07, 6.45) is 2.67. The highest BCUT2D eigenvalue weighted by Crippen LogP contribution is 2.45. The van der Waals surface area contributed by atoms with Crippen LogP contribution >= 0.6 is 0 Å². The minimum atomic E-state index is 0.133. The summed E-state index contributed by atoms with van der Waals surface area (Å²) in [5.74, 6) is 2.36. The molecule has 3 nitrogen and oxygen atoms in total. The van der Waals surface area contributed by atoms with E-state index >= 15 is 0 Å². The molecule has 3 heteroatoms. The Labute approximate surface area is 99.3 Å². The van der Waals surface area contributed by atoms with Gasteiger partial charge in [0, 0.05) is 26.7 Å². The molecule has 0 bridgehead atoms. The molecular formula is C13H26N2O. The van der Waals surface area contributed by atoms with Gasteiger partial charge in [-0.1, -0.05) is 13.8 Å². The van der Waals surface area contributed by atoms with E-state index in [1.165, 1.54) is 25.9 Å². The van der Waals surface area contributed by atoms with Crippen LogP contribution in [-0.4, -0.2) is 43.8 Å². The molecule has 0 radical (unpaired) electrons. The first-order valence-corrected chi connectivity index (χ1v) is 6.58. The first kappa shape index (κ1) is 12.3. The average Bonchev–Trinajstić information content (AvgIpc) is 3.04. The molecule has 2 fully saturated rings. The van der Waals surface area contributed by atoms with Gasteiger partial charge in [0.2, 0.25) is 0 Å². The van der Waals surface area contributed by atoms with E-state index in [0.717, 1.165) is 30.9 Å². The van der Waals surface area contributed by atoms with Crippen molar-refractivity contribution in [3.05, 3.63) is 0 Å². The summed E-state index contributed by atoms with van der Waals surface area (Å²) >= 11 is 0. The van der Waals surface area contributed by atoms with E-state index in [-0.39, 0.29) is 5.54 Å². The van der Waals surface area contributed by atoms with Gasteiger partial charge in [-0.05, 0) is 30.6 Å². The van der Waals surface area contributed by atoms with Crippen molar-refractivity contribution in [1.82, 2.24) is 4.90 Å². The van der Waals surface area contributed by atoms with Crippen LogP contribution in [0.25, 0.3) is 0 Å². The molecule has 2 aliphatic rings. The molecular weight excluding hydrogens is 200 g/mol. The Morgan fingerprint density at radius 2 is 1.81 bits per heavy atom. The highest BCUT2D eigenvalue weighted by molar-refractivity contribution is 5.05. The maximum absolute atomic E-state index is 6.08. The Balaban J connectivity index is 2.12. The summed E-state index contributed by atoms with van der Waals surface area (Å²) in [7, 11) is 1.80. The van der Waals surface area contributed by atoms with Crippen LogP contribution in [0.15, 0.2) is 0 Å².